The number of thioether (sulfide) groups is 1. The van der Waals surface area contributed by atoms with Crippen LogP contribution in [0.3, 0.4) is 0 Å². The number of nitrogens with zero attached hydrogens (tertiary/aromatic N) is 3. The molecule has 0 saturated carbocycles. The van der Waals surface area contributed by atoms with E-state index in [1.165, 1.54) is 23.1 Å². The number of thiophene rings is 1. The van der Waals surface area contributed by atoms with Gasteiger partial charge in [-0.2, -0.15) is 0 Å². The summed E-state index contributed by atoms with van der Waals surface area (Å²) < 4.78 is 3.65. The molecule has 8 heteroatoms. The maximum Gasteiger partial charge on any atom is 0.263 e. The molecule has 186 valence electrons. The number of carbonyl (C=O) groups excluding carboxylic acids is 1. The summed E-state index contributed by atoms with van der Waals surface area (Å²) in [7, 11) is 0. The van der Waals surface area contributed by atoms with Crippen molar-refractivity contribution in [1.29, 1.82) is 0 Å². The van der Waals surface area contributed by atoms with Gasteiger partial charge in [0.2, 0.25) is 0 Å². The van der Waals surface area contributed by atoms with Crippen molar-refractivity contribution in [2.24, 2.45) is 0 Å². The number of ketones is 1. The molecule has 2 aromatic carbocycles. The minimum absolute atomic E-state index is 0.0195. The third kappa shape index (κ3) is 4.82. The van der Waals surface area contributed by atoms with E-state index in [1.54, 1.807) is 10.6 Å². The highest BCUT2D eigenvalue weighted by molar-refractivity contribution is 7.99. The lowest BCUT2D eigenvalue weighted by Crippen LogP contribution is -2.23. The highest BCUT2D eigenvalue weighted by Gasteiger charge is 2.20. The fourth-order valence-electron chi connectivity index (χ4n) is 4.48. The first kappa shape index (κ1) is 25.3. The number of benzene rings is 2. The molecule has 0 aliphatic rings. The van der Waals surface area contributed by atoms with Crippen molar-refractivity contribution in [3.63, 3.8) is 0 Å². The van der Waals surface area contributed by atoms with E-state index in [-0.39, 0.29) is 17.1 Å². The van der Waals surface area contributed by atoms with Crippen LogP contribution in [0.25, 0.3) is 27.0 Å². The lowest BCUT2D eigenvalue weighted by molar-refractivity contribution is 0.102. The average Bonchev–Trinajstić information content (AvgIpc) is 3.46. The molecule has 0 amide bonds. The van der Waals surface area contributed by atoms with Gasteiger partial charge >= 0.3 is 0 Å². The maximum absolute atomic E-state index is 13.6. The zero-order valence-electron chi connectivity index (χ0n) is 20.4. The molecule has 0 atom stereocenters. The number of halogens is 1. The second-order valence-corrected chi connectivity index (χ2v) is 10.8. The molecular formula is C29H24ClN3O2S2. The van der Waals surface area contributed by atoms with Gasteiger partial charge in [-0.25, -0.2) is 4.98 Å². The lowest BCUT2D eigenvalue weighted by atomic mass is 10.1. The monoisotopic (exact) mass is 545 g/mol. The van der Waals surface area contributed by atoms with Gasteiger partial charge in [-0.15, -0.1) is 17.9 Å². The Morgan fingerprint density at radius 3 is 2.57 bits per heavy atom. The van der Waals surface area contributed by atoms with Crippen molar-refractivity contribution >= 4 is 50.7 Å². The van der Waals surface area contributed by atoms with Crippen LogP contribution in [0.15, 0.2) is 88.6 Å². The average molecular weight is 546 g/mol. The molecule has 3 heterocycles. The van der Waals surface area contributed by atoms with Gasteiger partial charge in [0.15, 0.2) is 10.9 Å². The summed E-state index contributed by atoms with van der Waals surface area (Å²) >= 11 is 8.77. The van der Waals surface area contributed by atoms with E-state index in [0.29, 0.717) is 32.5 Å². The predicted octanol–water partition coefficient (Wildman–Crippen LogP) is 7.35. The Hall–Kier alpha value is -3.39. The molecular weight excluding hydrogens is 522 g/mol. The third-order valence-corrected chi connectivity index (χ3v) is 8.30. The highest BCUT2D eigenvalue weighted by atomic mass is 35.5. The maximum atomic E-state index is 13.6. The smallest absolute Gasteiger partial charge is 0.263 e. The number of fused-ring (bicyclic) bond motifs is 1. The van der Waals surface area contributed by atoms with Crippen LogP contribution in [0.4, 0.5) is 0 Å². The molecule has 0 radical (unpaired) electrons. The van der Waals surface area contributed by atoms with Crippen LogP contribution in [0, 0.1) is 13.8 Å². The van der Waals surface area contributed by atoms with Crippen molar-refractivity contribution in [3.8, 4) is 16.8 Å². The number of allylic oxidation sites excluding steroid dienone is 1. The minimum atomic E-state index is -0.124. The molecule has 0 N–H and O–H groups in total. The van der Waals surface area contributed by atoms with Crippen LogP contribution in [0.5, 0.6) is 0 Å². The molecule has 0 bridgehead atoms. The standard InChI is InChI=1S/C29H24ClN3O2S2/c1-4-14-32-28(35)26-24(20-8-6-5-7-9-20)16-36-27(26)31-29(32)37-17-25(34)23-15-18(2)33(19(23)3)22-12-10-21(30)11-13-22/h4-13,15-16H,1,14,17H2,2-3H3. The summed E-state index contributed by atoms with van der Waals surface area (Å²) in [5, 5.41) is 3.74. The van der Waals surface area contributed by atoms with Crippen LogP contribution in [0.1, 0.15) is 21.7 Å². The molecule has 0 saturated heterocycles. The second-order valence-electron chi connectivity index (χ2n) is 8.60. The third-order valence-electron chi connectivity index (χ3n) is 6.20. The normalized spacial score (nSPS) is 11.2. The van der Waals surface area contributed by atoms with Crippen molar-refractivity contribution in [2.75, 3.05) is 5.75 Å². The van der Waals surface area contributed by atoms with Crippen LogP contribution >= 0.6 is 34.7 Å². The Morgan fingerprint density at radius 1 is 1.14 bits per heavy atom. The SMILES string of the molecule is C=CCn1c(SCC(=O)c2cc(C)n(-c3ccc(Cl)cc3)c2C)nc2scc(-c3ccccc3)c2c1=O. The number of carbonyl (C=O) groups is 1. The minimum Gasteiger partial charge on any atom is -0.318 e. The van der Waals surface area contributed by atoms with E-state index in [2.05, 4.69) is 6.58 Å². The van der Waals surface area contributed by atoms with E-state index < -0.39 is 0 Å². The summed E-state index contributed by atoms with van der Waals surface area (Å²) in [6, 6.07) is 19.3. The van der Waals surface area contributed by atoms with E-state index in [1.807, 2.05) is 84.5 Å². The van der Waals surface area contributed by atoms with Gasteiger partial charge < -0.3 is 4.57 Å². The lowest BCUT2D eigenvalue weighted by Gasteiger charge is -2.11. The molecule has 3 aromatic heterocycles. The van der Waals surface area contributed by atoms with E-state index in [0.717, 1.165) is 28.2 Å². The fourth-order valence-corrected chi connectivity index (χ4v) is 6.48. The summed E-state index contributed by atoms with van der Waals surface area (Å²) in [5.41, 5.74) is 5.15. The molecule has 0 aliphatic carbocycles. The van der Waals surface area contributed by atoms with E-state index >= 15 is 0 Å². The van der Waals surface area contributed by atoms with Crippen molar-refractivity contribution < 1.29 is 4.79 Å². The Balaban J connectivity index is 1.46. The van der Waals surface area contributed by atoms with Gasteiger partial charge in [-0.1, -0.05) is 59.8 Å². The Kier molecular flexibility index (Phi) is 7.20. The van der Waals surface area contributed by atoms with Gasteiger partial charge in [-0.3, -0.25) is 14.2 Å². The number of aromatic nitrogens is 3. The molecule has 5 rings (SSSR count). The van der Waals surface area contributed by atoms with Crippen LogP contribution in [-0.2, 0) is 6.54 Å². The van der Waals surface area contributed by atoms with Crippen LogP contribution in [-0.4, -0.2) is 25.7 Å². The number of rotatable bonds is 8. The van der Waals surface area contributed by atoms with Gasteiger partial charge in [0, 0.05) is 45.1 Å². The highest BCUT2D eigenvalue weighted by Crippen LogP contribution is 2.32. The van der Waals surface area contributed by atoms with Crippen LogP contribution in [0.2, 0.25) is 5.02 Å². The number of aryl methyl sites for hydroxylation is 1. The number of hydrogen-bond donors (Lipinski definition) is 0. The first-order valence-corrected chi connectivity index (χ1v) is 13.9. The van der Waals surface area contributed by atoms with Gasteiger partial charge in [0.25, 0.3) is 5.56 Å². The van der Waals surface area contributed by atoms with Crippen molar-refractivity contribution in [2.45, 2.75) is 25.5 Å². The summed E-state index contributed by atoms with van der Waals surface area (Å²) in [5.74, 6) is 0.144. The van der Waals surface area contributed by atoms with Gasteiger partial charge in [-0.05, 0) is 49.7 Å². The largest absolute Gasteiger partial charge is 0.318 e. The molecule has 37 heavy (non-hydrogen) atoms. The summed E-state index contributed by atoms with van der Waals surface area (Å²) in [6.07, 6.45) is 1.68. The first-order chi connectivity index (χ1) is 17.9. The predicted molar refractivity (Wildman–Crippen MR) is 155 cm³/mol. The molecule has 5 nitrogen and oxygen atoms in total. The molecule has 5 aromatic rings. The Bertz CT molecular complexity index is 1680. The summed E-state index contributed by atoms with van der Waals surface area (Å²) in [6.45, 7) is 8.04. The zero-order valence-corrected chi connectivity index (χ0v) is 22.8. The molecule has 0 unspecified atom stereocenters. The van der Waals surface area contributed by atoms with Gasteiger partial charge in [0.05, 0.1) is 11.1 Å². The van der Waals surface area contributed by atoms with Crippen LogP contribution < -0.4 is 5.56 Å². The molecule has 0 fully saturated rings. The first-order valence-electron chi connectivity index (χ1n) is 11.7. The number of hydrogen-bond acceptors (Lipinski definition) is 5. The molecule has 0 aliphatic heterocycles. The number of Topliss-reactive ketones (excluding diaryl/α,β-unsaturated/α-hetero) is 1. The summed E-state index contributed by atoms with van der Waals surface area (Å²) in [4.78, 5) is 32.3. The van der Waals surface area contributed by atoms with Crippen molar-refractivity contribution in [1.82, 2.24) is 14.1 Å². The fraction of sp³-hybridized carbons (Fsp3) is 0.138. The Labute approximate surface area is 228 Å². The van der Waals surface area contributed by atoms with E-state index in [4.69, 9.17) is 16.6 Å². The van der Waals surface area contributed by atoms with E-state index in [9.17, 15) is 9.59 Å². The van der Waals surface area contributed by atoms with Gasteiger partial charge in [0.1, 0.15) is 4.83 Å². The van der Waals surface area contributed by atoms with Crippen molar-refractivity contribution in [3.05, 3.63) is 111 Å². The Morgan fingerprint density at radius 2 is 1.86 bits per heavy atom. The molecule has 0 spiro atoms. The second kappa shape index (κ2) is 10.5. The zero-order chi connectivity index (χ0) is 26.1. The topological polar surface area (TPSA) is 56.9 Å². The quantitative estimate of drug-likeness (QED) is 0.0885.